The van der Waals surface area contributed by atoms with Gasteiger partial charge in [0.15, 0.2) is 0 Å². The lowest BCUT2D eigenvalue weighted by Gasteiger charge is -2.14. The summed E-state index contributed by atoms with van der Waals surface area (Å²) in [6, 6.07) is 15.8. The van der Waals surface area contributed by atoms with E-state index in [-0.39, 0.29) is 24.4 Å². The number of amides is 1. The molecule has 0 aliphatic carbocycles. The zero-order chi connectivity index (χ0) is 15.4. The average Bonchev–Trinajstić information content (AvgIpc) is 3.08. The van der Waals surface area contributed by atoms with Crippen molar-refractivity contribution in [3.63, 3.8) is 0 Å². The van der Waals surface area contributed by atoms with E-state index in [4.69, 9.17) is 11.6 Å². The minimum absolute atomic E-state index is 0. The summed E-state index contributed by atoms with van der Waals surface area (Å²) >= 11 is 5.95. The SMILES string of the molecule is Cl.O=C(NCc1ccccc1-c1ccc(Cl)cc1)C1CCCN1. The lowest BCUT2D eigenvalue weighted by Crippen LogP contribution is -2.40. The fraction of sp³-hybridized carbons (Fsp3) is 0.278. The van der Waals surface area contributed by atoms with Crippen molar-refractivity contribution in [2.24, 2.45) is 0 Å². The van der Waals surface area contributed by atoms with Crippen LogP contribution in [0.4, 0.5) is 0 Å². The van der Waals surface area contributed by atoms with Crippen molar-refractivity contribution in [2.45, 2.75) is 25.4 Å². The van der Waals surface area contributed by atoms with Crippen molar-refractivity contribution in [3.8, 4) is 11.1 Å². The van der Waals surface area contributed by atoms with Gasteiger partial charge in [0.25, 0.3) is 0 Å². The van der Waals surface area contributed by atoms with Gasteiger partial charge in [-0.25, -0.2) is 0 Å². The predicted molar refractivity (Wildman–Crippen MR) is 97.0 cm³/mol. The summed E-state index contributed by atoms with van der Waals surface area (Å²) in [4.78, 5) is 12.1. The van der Waals surface area contributed by atoms with Gasteiger partial charge >= 0.3 is 0 Å². The molecule has 5 heteroatoms. The lowest BCUT2D eigenvalue weighted by molar-refractivity contribution is -0.122. The first-order chi connectivity index (χ1) is 10.7. The summed E-state index contributed by atoms with van der Waals surface area (Å²) in [7, 11) is 0. The highest BCUT2D eigenvalue weighted by Gasteiger charge is 2.21. The molecule has 1 atom stereocenters. The molecule has 0 spiro atoms. The van der Waals surface area contributed by atoms with E-state index in [9.17, 15) is 4.79 Å². The summed E-state index contributed by atoms with van der Waals surface area (Å²) < 4.78 is 0. The molecule has 1 fully saturated rings. The van der Waals surface area contributed by atoms with Crippen molar-refractivity contribution in [1.29, 1.82) is 0 Å². The molecule has 0 radical (unpaired) electrons. The van der Waals surface area contributed by atoms with Crippen LogP contribution in [0.2, 0.25) is 5.02 Å². The Kier molecular flexibility index (Phi) is 6.46. The Morgan fingerprint density at radius 1 is 1.17 bits per heavy atom. The van der Waals surface area contributed by atoms with Gasteiger partial charge in [0.2, 0.25) is 5.91 Å². The van der Waals surface area contributed by atoms with Crippen LogP contribution in [-0.4, -0.2) is 18.5 Å². The Bertz CT molecular complexity index is 652. The zero-order valence-corrected chi connectivity index (χ0v) is 14.3. The van der Waals surface area contributed by atoms with Crippen LogP contribution in [0.3, 0.4) is 0 Å². The lowest BCUT2D eigenvalue weighted by atomic mass is 9.99. The molecule has 1 heterocycles. The first-order valence-corrected chi connectivity index (χ1v) is 7.97. The molecule has 23 heavy (non-hydrogen) atoms. The van der Waals surface area contributed by atoms with Crippen molar-refractivity contribution >= 4 is 29.9 Å². The largest absolute Gasteiger partial charge is 0.351 e. The number of carbonyl (C=O) groups is 1. The standard InChI is InChI=1S/C18H19ClN2O.ClH/c19-15-9-7-13(8-10-15)16-5-2-1-4-14(16)12-21-18(22)17-6-3-11-20-17;/h1-2,4-5,7-10,17,20H,3,6,11-12H2,(H,21,22);1H. The van der Waals surface area contributed by atoms with Crippen molar-refractivity contribution in [1.82, 2.24) is 10.6 Å². The first-order valence-electron chi connectivity index (χ1n) is 7.59. The summed E-state index contributed by atoms with van der Waals surface area (Å²) in [6.07, 6.45) is 1.99. The Morgan fingerprint density at radius 3 is 2.61 bits per heavy atom. The van der Waals surface area contributed by atoms with Crippen LogP contribution >= 0.6 is 24.0 Å². The minimum Gasteiger partial charge on any atom is -0.351 e. The number of halogens is 2. The Balaban J connectivity index is 0.00000192. The molecule has 2 aromatic carbocycles. The molecule has 3 nitrogen and oxygen atoms in total. The molecular weight excluding hydrogens is 331 g/mol. The number of carbonyl (C=O) groups excluding carboxylic acids is 1. The molecular formula is C18H20Cl2N2O. The van der Waals surface area contributed by atoms with E-state index in [1.165, 1.54) is 0 Å². The minimum atomic E-state index is -0.0392. The smallest absolute Gasteiger partial charge is 0.237 e. The maximum atomic E-state index is 12.1. The Labute approximate surface area is 147 Å². The molecule has 2 N–H and O–H groups in total. The van der Waals surface area contributed by atoms with E-state index in [1.54, 1.807) is 0 Å². The molecule has 0 saturated carbocycles. The number of benzene rings is 2. The number of hydrogen-bond acceptors (Lipinski definition) is 2. The second-order valence-corrected chi connectivity index (χ2v) is 5.97. The Morgan fingerprint density at radius 2 is 1.91 bits per heavy atom. The second kappa shape index (κ2) is 8.34. The van der Waals surface area contributed by atoms with Gasteiger partial charge in [-0.1, -0.05) is 48.0 Å². The van der Waals surface area contributed by atoms with E-state index in [0.29, 0.717) is 6.54 Å². The molecule has 3 rings (SSSR count). The van der Waals surface area contributed by atoms with Crippen LogP contribution in [0.25, 0.3) is 11.1 Å². The number of rotatable bonds is 4. The highest BCUT2D eigenvalue weighted by molar-refractivity contribution is 6.30. The normalized spacial score (nSPS) is 16.7. The molecule has 0 aromatic heterocycles. The van der Waals surface area contributed by atoms with Crippen LogP contribution in [0.15, 0.2) is 48.5 Å². The van der Waals surface area contributed by atoms with Crippen molar-refractivity contribution in [3.05, 3.63) is 59.1 Å². The van der Waals surface area contributed by atoms with Gasteiger partial charge in [-0.2, -0.15) is 0 Å². The van der Waals surface area contributed by atoms with Crippen LogP contribution in [-0.2, 0) is 11.3 Å². The fourth-order valence-electron chi connectivity index (χ4n) is 2.80. The van der Waals surface area contributed by atoms with Crippen molar-refractivity contribution in [2.75, 3.05) is 6.54 Å². The predicted octanol–water partition coefficient (Wildman–Crippen LogP) is 3.80. The Hall–Kier alpha value is -1.55. The molecule has 1 amide bonds. The second-order valence-electron chi connectivity index (χ2n) is 5.53. The third-order valence-corrected chi connectivity index (χ3v) is 4.25. The molecule has 1 unspecified atom stereocenters. The summed E-state index contributed by atoms with van der Waals surface area (Å²) in [5.41, 5.74) is 3.34. The zero-order valence-electron chi connectivity index (χ0n) is 12.7. The molecule has 0 bridgehead atoms. The van der Waals surface area contributed by atoms with Gasteiger partial charge in [0.05, 0.1) is 6.04 Å². The van der Waals surface area contributed by atoms with E-state index >= 15 is 0 Å². The van der Waals surface area contributed by atoms with Gasteiger partial charge in [-0.15, -0.1) is 12.4 Å². The topological polar surface area (TPSA) is 41.1 Å². The number of nitrogens with one attached hydrogen (secondary N) is 2. The molecule has 1 aliphatic rings. The maximum absolute atomic E-state index is 12.1. The summed E-state index contributed by atoms with van der Waals surface area (Å²) in [5.74, 6) is 0.0865. The number of hydrogen-bond donors (Lipinski definition) is 2. The van der Waals surface area contributed by atoms with E-state index < -0.39 is 0 Å². The monoisotopic (exact) mass is 350 g/mol. The van der Waals surface area contributed by atoms with Crippen LogP contribution in [0.1, 0.15) is 18.4 Å². The van der Waals surface area contributed by atoms with Crippen LogP contribution < -0.4 is 10.6 Å². The third-order valence-electron chi connectivity index (χ3n) is 4.00. The fourth-order valence-corrected chi connectivity index (χ4v) is 2.93. The summed E-state index contributed by atoms with van der Waals surface area (Å²) in [6.45, 7) is 1.47. The van der Waals surface area contributed by atoms with Gasteiger partial charge < -0.3 is 10.6 Å². The van der Waals surface area contributed by atoms with Crippen molar-refractivity contribution < 1.29 is 4.79 Å². The van der Waals surface area contributed by atoms with Gasteiger partial charge in [-0.05, 0) is 48.2 Å². The van der Waals surface area contributed by atoms with E-state index in [0.717, 1.165) is 41.1 Å². The summed E-state index contributed by atoms with van der Waals surface area (Å²) in [5, 5.41) is 6.98. The highest BCUT2D eigenvalue weighted by Crippen LogP contribution is 2.25. The first kappa shape index (κ1) is 17.8. The quantitative estimate of drug-likeness (QED) is 0.880. The van der Waals surface area contributed by atoms with Gasteiger partial charge in [0, 0.05) is 11.6 Å². The average molecular weight is 351 g/mol. The third kappa shape index (κ3) is 4.47. The molecule has 1 saturated heterocycles. The molecule has 122 valence electrons. The van der Waals surface area contributed by atoms with E-state index in [1.807, 2.05) is 42.5 Å². The van der Waals surface area contributed by atoms with Crippen LogP contribution in [0.5, 0.6) is 0 Å². The van der Waals surface area contributed by atoms with E-state index in [2.05, 4.69) is 16.7 Å². The highest BCUT2D eigenvalue weighted by atomic mass is 35.5. The molecule has 1 aliphatic heterocycles. The maximum Gasteiger partial charge on any atom is 0.237 e. The van der Waals surface area contributed by atoms with Gasteiger partial charge in [0.1, 0.15) is 0 Å². The van der Waals surface area contributed by atoms with Crippen LogP contribution in [0, 0.1) is 0 Å². The van der Waals surface area contributed by atoms with Gasteiger partial charge in [-0.3, -0.25) is 4.79 Å². The molecule has 2 aromatic rings.